The first kappa shape index (κ1) is 33.1. The summed E-state index contributed by atoms with van der Waals surface area (Å²) in [5.74, 6) is 6.64. The Morgan fingerprint density at radius 1 is 0.623 bits per heavy atom. The number of nitrogens with zero attached hydrogens (tertiary/aromatic N) is 2. The number of fused-ring (bicyclic) bond motifs is 4. The fraction of sp³-hybridized carbons (Fsp3) is 0.0204. The molecule has 0 spiro atoms. The van der Waals surface area contributed by atoms with E-state index in [1.54, 1.807) is 0 Å². The smallest absolute Gasteiger partial charge is 0.179 e. The first-order chi connectivity index (χ1) is 26.2. The van der Waals surface area contributed by atoms with Gasteiger partial charge in [0, 0.05) is 27.5 Å². The van der Waals surface area contributed by atoms with Crippen LogP contribution in [-0.2, 0) is 6.42 Å². The fourth-order valence-corrected chi connectivity index (χ4v) is 6.94. The Bertz CT molecular complexity index is 2700. The van der Waals surface area contributed by atoms with Gasteiger partial charge in [0.1, 0.15) is 11.2 Å². The molecule has 0 aliphatic carbocycles. The lowest BCUT2D eigenvalue weighted by Crippen LogP contribution is -2.13. The molecule has 0 radical (unpaired) electrons. The molecule has 1 aromatic heterocycles. The molecule has 7 aromatic carbocycles. The van der Waals surface area contributed by atoms with Gasteiger partial charge in [0.2, 0.25) is 0 Å². The van der Waals surface area contributed by atoms with Crippen LogP contribution in [0.1, 0.15) is 27.8 Å². The zero-order chi connectivity index (χ0) is 36.0. The summed E-state index contributed by atoms with van der Waals surface area (Å²) < 4.78 is 6.46. The summed E-state index contributed by atoms with van der Waals surface area (Å²) in [4.78, 5) is 5.38. The van der Waals surface area contributed by atoms with Crippen LogP contribution in [0.2, 0.25) is 0 Å². The summed E-state index contributed by atoms with van der Waals surface area (Å²) in [6, 6.07) is 56.2. The number of aliphatic imine (C=N–C) groups is 1. The molecule has 2 N–H and O–H groups in total. The lowest BCUT2D eigenvalue weighted by Gasteiger charge is -2.15. The van der Waals surface area contributed by atoms with Crippen LogP contribution in [0.15, 0.2) is 209 Å². The van der Waals surface area contributed by atoms with Crippen molar-refractivity contribution in [2.45, 2.75) is 6.42 Å². The maximum absolute atomic E-state index is 6.46. The number of allylic oxidation sites excluding steroid dienone is 5. The SMILES string of the molecule is C=C/C=C(\C=C/Cc1ccc2oc3ccccc3c2c1C(=N/C(=N\N)c1ccc2ccccc2c1)c1ccc(-c2ccccc2)cc1)c1ccccc1. The van der Waals surface area contributed by atoms with E-state index in [2.05, 4.69) is 127 Å². The standard InChI is InChI=1S/C49H37N3O/c1-2-14-34(35-15-5-3-6-16-35)21-13-22-39-31-32-45-47(43-23-11-12-24-44(43)53-45)46(39)48(40-28-25-38(26-29-40)36-17-7-4-8-18-36)51-49(52-50)42-30-27-37-19-9-10-20-41(37)33-42/h2-21,23-33H,1,22,50H2/b21-13-,34-14+,51-48?,52-49-. The van der Waals surface area contributed by atoms with E-state index in [1.165, 1.54) is 0 Å². The van der Waals surface area contributed by atoms with Gasteiger partial charge >= 0.3 is 0 Å². The average Bonchev–Trinajstić information content (AvgIpc) is 3.61. The third-order valence-corrected chi connectivity index (χ3v) is 9.52. The molecule has 0 fully saturated rings. The minimum atomic E-state index is 0.435. The Kier molecular flexibility index (Phi) is 9.41. The van der Waals surface area contributed by atoms with E-state index in [0.717, 1.165) is 82.9 Å². The van der Waals surface area contributed by atoms with Gasteiger partial charge in [-0.15, -0.1) is 0 Å². The summed E-state index contributed by atoms with van der Waals surface area (Å²) in [5.41, 5.74) is 10.7. The quantitative estimate of drug-likeness (QED) is 0.0541. The van der Waals surface area contributed by atoms with Crippen LogP contribution in [0.3, 0.4) is 0 Å². The second-order valence-electron chi connectivity index (χ2n) is 12.8. The second-order valence-corrected chi connectivity index (χ2v) is 12.8. The van der Waals surface area contributed by atoms with E-state index in [9.17, 15) is 0 Å². The second kappa shape index (κ2) is 15.1. The third kappa shape index (κ3) is 6.86. The number of furan rings is 1. The first-order valence-electron chi connectivity index (χ1n) is 17.7. The van der Waals surface area contributed by atoms with Gasteiger partial charge in [-0.25, -0.2) is 4.99 Å². The molecule has 8 rings (SSSR count). The number of amidine groups is 1. The van der Waals surface area contributed by atoms with Crippen LogP contribution in [0, 0.1) is 0 Å². The van der Waals surface area contributed by atoms with Crippen molar-refractivity contribution in [2.24, 2.45) is 15.9 Å². The van der Waals surface area contributed by atoms with Gasteiger partial charge in [0.05, 0.1) is 5.71 Å². The predicted octanol–water partition coefficient (Wildman–Crippen LogP) is 11.9. The highest BCUT2D eigenvalue weighted by Crippen LogP contribution is 2.36. The van der Waals surface area contributed by atoms with Crippen LogP contribution in [-0.4, -0.2) is 11.5 Å². The number of hydrazone groups is 1. The molecule has 4 nitrogen and oxygen atoms in total. The fourth-order valence-electron chi connectivity index (χ4n) is 6.94. The van der Waals surface area contributed by atoms with Gasteiger partial charge in [0.25, 0.3) is 0 Å². The van der Waals surface area contributed by atoms with Crippen molar-refractivity contribution in [3.63, 3.8) is 0 Å². The van der Waals surface area contributed by atoms with Gasteiger partial charge in [0.15, 0.2) is 5.84 Å². The number of hydrogen-bond donors (Lipinski definition) is 1. The van der Waals surface area contributed by atoms with Crippen LogP contribution in [0.4, 0.5) is 0 Å². The van der Waals surface area contributed by atoms with Gasteiger partial charge in [-0.3, -0.25) is 0 Å². The predicted molar refractivity (Wildman–Crippen MR) is 223 cm³/mol. The van der Waals surface area contributed by atoms with Crippen molar-refractivity contribution >= 4 is 49.8 Å². The van der Waals surface area contributed by atoms with Crippen molar-refractivity contribution in [3.8, 4) is 11.1 Å². The van der Waals surface area contributed by atoms with Gasteiger partial charge in [-0.05, 0) is 63.2 Å². The molecule has 0 unspecified atom stereocenters. The molecule has 0 bridgehead atoms. The Labute approximate surface area is 309 Å². The van der Waals surface area contributed by atoms with Crippen molar-refractivity contribution < 1.29 is 4.42 Å². The lowest BCUT2D eigenvalue weighted by atomic mass is 9.90. The van der Waals surface area contributed by atoms with E-state index < -0.39 is 0 Å². The van der Waals surface area contributed by atoms with E-state index >= 15 is 0 Å². The Morgan fingerprint density at radius 2 is 1.30 bits per heavy atom. The van der Waals surface area contributed by atoms with Crippen LogP contribution in [0.5, 0.6) is 0 Å². The number of para-hydroxylation sites is 1. The molecule has 0 saturated carbocycles. The average molecular weight is 684 g/mol. The Morgan fingerprint density at radius 3 is 2.08 bits per heavy atom. The molecule has 0 aliphatic rings. The number of hydrogen-bond acceptors (Lipinski definition) is 3. The van der Waals surface area contributed by atoms with Crippen LogP contribution < -0.4 is 5.84 Å². The number of rotatable bonds is 9. The maximum Gasteiger partial charge on any atom is 0.179 e. The van der Waals surface area contributed by atoms with Crippen molar-refractivity contribution in [2.75, 3.05) is 0 Å². The highest BCUT2D eigenvalue weighted by atomic mass is 16.3. The van der Waals surface area contributed by atoms with E-state index in [0.29, 0.717) is 12.3 Å². The molecule has 1 heterocycles. The van der Waals surface area contributed by atoms with Gasteiger partial charge in [-0.2, -0.15) is 5.10 Å². The third-order valence-electron chi connectivity index (χ3n) is 9.52. The minimum absolute atomic E-state index is 0.435. The zero-order valence-electron chi connectivity index (χ0n) is 29.2. The molecule has 0 aliphatic heterocycles. The monoisotopic (exact) mass is 683 g/mol. The summed E-state index contributed by atoms with van der Waals surface area (Å²) >= 11 is 0. The highest BCUT2D eigenvalue weighted by molar-refractivity contribution is 6.28. The molecule has 254 valence electrons. The Balaban J connectivity index is 1.34. The summed E-state index contributed by atoms with van der Waals surface area (Å²) in [7, 11) is 0. The maximum atomic E-state index is 6.46. The first-order valence-corrected chi connectivity index (χ1v) is 17.7. The zero-order valence-corrected chi connectivity index (χ0v) is 29.2. The molecule has 0 saturated heterocycles. The summed E-state index contributed by atoms with van der Waals surface area (Å²) in [6.45, 7) is 3.97. The van der Waals surface area contributed by atoms with Crippen LogP contribution >= 0.6 is 0 Å². The van der Waals surface area contributed by atoms with Crippen LogP contribution in [0.25, 0.3) is 49.4 Å². The molecular weight excluding hydrogens is 647 g/mol. The minimum Gasteiger partial charge on any atom is -0.456 e. The number of nitrogens with two attached hydrogens (primary N) is 1. The Hall–Kier alpha value is -7.04. The van der Waals surface area contributed by atoms with E-state index in [1.807, 2.05) is 72.8 Å². The molecule has 53 heavy (non-hydrogen) atoms. The highest BCUT2D eigenvalue weighted by Gasteiger charge is 2.21. The molecule has 0 amide bonds. The largest absolute Gasteiger partial charge is 0.456 e. The molecular formula is C49H37N3O. The van der Waals surface area contributed by atoms with Crippen molar-refractivity contribution in [1.82, 2.24) is 0 Å². The van der Waals surface area contributed by atoms with Gasteiger partial charge in [-0.1, -0.05) is 176 Å². The molecule has 0 atom stereocenters. The summed E-state index contributed by atoms with van der Waals surface area (Å²) in [5, 5.41) is 8.54. The van der Waals surface area contributed by atoms with Crippen molar-refractivity contribution in [3.05, 3.63) is 222 Å². The van der Waals surface area contributed by atoms with E-state index in [-0.39, 0.29) is 0 Å². The molecule has 8 aromatic rings. The van der Waals surface area contributed by atoms with Crippen molar-refractivity contribution in [1.29, 1.82) is 0 Å². The summed E-state index contributed by atoms with van der Waals surface area (Å²) in [6.07, 6.45) is 8.86. The normalized spacial score (nSPS) is 12.6. The topological polar surface area (TPSA) is 63.9 Å². The van der Waals surface area contributed by atoms with Gasteiger partial charge < -0.3 is 10.3 Å². The van der Waals surface area contributed by atoms with E-state index in [4.69, 9.17) is 15.3 Å². The molecule has 4 heteroatoms. The lowest BCUT2D eigenvalue weighted by molar-refractivity contribution is 0.669. The number of benzene rings is 7.